The summed E-state index contributed by atoms with van der Waals surface area (Å²) in [5.74, 6) is -0.307. The lowest BCUT2D eigenvalue weighted by Crippen LogP contribution is -2.19. The van der Waals surface area contributed by atoms with E-state index in [1.54, 1.807) is 48.5 Å². The average Bonchev–Trinajstić information content (AvgIpc) is 2.68. The van der Waals surface area contributed by atoms with Crippen molar-refractivity contribution < 1.29 is 18.7 Å². The molecule has 5 nitrogen and oxygen atoms in total. The van der Waals surface area contributed by atoms with Gasteiger partial charge in [0.1, 0.15) is 5.58 Å². The molecule has 27 heavy (non-hydrogen) atoms. The van der Waals surface area contributed by atoms with Crippen LogP contribution in [0.5, 0.6) is 5.75 Å². The van der Waals surface area contributed by atoms with Crippen molar-refractivity contribution in [1.29, 1.82) is 0 Å². The number of hydrogen-bond acceptors (Lipinski definition) is 5. The van der Waals surface area contributed by atoms with E-state index in [9.17, 15) is 9.59 Å². The molecule has 140 valence electrons. The van der Waals surface area contributed by atoms with Gasteiger partial charge in [-0.05, 0) is 42.8 Å². The van der Waals surface area contributed by atoms with E-state index in [2.05, 4.69) is 0 Å². The van der Waals surface area contributed by atoms with Crippen molar-refractivity contribution in [2.45, 2.75) is 19.8 Å². The molecule has 0 aliphatic heterocycles. The first kappa shape index (κ1) is 19.0. The minimum atomic E-state index is -0.530. The summed E-state index contributed by atoms with van der Waals surface area (Å²) in [6, 6.07) is 13.7. The number of hydrogen-bond donors (Lipinski definition) is 0. The molecule has 6 heteroatoms. The average molecular weight is 387 g/mol. The first-order valence-corrected chi connectivity index (χ1v) is 9.08. The molecule has 0 aliphatic carbocycles. The number of carbonyl (C=O) groups excluding carboxylic acids is 1. The van der Waals surface area contributed by atoms with Gasteiger partial charge in [0.15, 0.2) is 12.4 Å². The van der Waals surface area contributed by atoms with Crippen molar-refractivity contribution in [2.75, 3.05) is 13.2 Å². The van der Waals surface area contributed by atoms with Gasteiger partial charge in [0, 0.05) is 10.6 Å². The highest BCUT2D eigenvalue weighted by Gasteiger charge is 2.19. The number of para-hydroxylation sites is 1. The Morgan fingerprint density at radius 1 is 1.11 bits per heavy atom. The zero-order valence-corrected chi connectivity index (χ0v) is 15.6. The fourth-order valence-corrected chi connectivity index (χ4v) is 2.68. The van der Waals surface area contributed by atoms with Crippen LogP contribution in [0, 0.1) is 0 Å². The maximum atomic E-state index is 12.9. The second kappa shape index (κ2) is 8.73. The van der Waals surface area contributed by atoms with E-state index in [4.69, 9.17) is 25.5 Å². The third-order valence-electron chi connectivity index (χ3n) is 3.96. The van der Waals surface area contributed by atoms with Gasteiger partial charge < -0.3 is 13.9 Å². The summed E-state index contributed by atoms with van der Waals surface area (Å²) in [5.41, 5.74) is 0.713. The molecule has 0 saturated heterocycles. The molecule has 0 amide bonds. The molecule has 3 aromatic rings. The Kier molecular flexibility index (Phi) is 6.14. The first-order chi connectivity index (χ1) is 13.1. The Morgan fingerprint density at radius 3 is 2.59 bits per heavy atom. The number of halogens is 1. The monoisotopic (exact) mass is 386 g/mol. The Balaban J connectivity index is 1.97. The SMILES string of the molecule is CCCCOC(=O)COc1c(-c2ccc(Cl)cc2)oc2ccccc2c1=O. The normalized spacial score (nSPS) is 10.7. The van der Waals surface area contributed by atoms with Crippen molar-refractivity contribution in [1.82, 2.24) is 0 Å². The highest BCUT2D eigenvalue weighted by Crippen LogP contribution is 2.31. The Bertz CT molecular complexity index is 992. The molecule has 0 aliphatic rings. The molecule has 0 unspecified atom stereocenters. The molecular weight excluding hydrogens is 368 g/mol. The summed E-state index contributed by atoms with van der Waals surface area (Å²) in [6.07, 6.45) is 1.70. The van der Waals surface area contributed by atoms with E-state index in [0.29, 0.717) is 28.2 Å². The minimum Gasteiger partial charge on any atom is -0.474 e. The number of benzene rings is 2. The zero-order valence-electron chi connectivity index (χ0n) is 14.9. The Hall–Kier alpha value is -2.79. The molecule has 0 atom stereocenters. The highest BCUT2D eigenvalue weighted by atomic mass is 35.5. The fourth-order valence-electron chi connectivity index (χ4n) is 2.55. The Morgan fingerprint density at radius 2 is 1.85 bits per heavy atom. The fraction of sp³-hybridized carbons (Fsp3) is 0.238. The zero-order chi connectivity index (χ0) is 19.2. The van der Waals surface area contributed by atoms with Crippen LogP contribution in [0.25, 0.3) is 22.3 Å². The lowest BCUT2D eigenvalue weighted by atomic mass is 10.1. The molecule has 0 radical (unpaired) electrons. The van der Waals surface area contributed by atoms with Crippen LogP contribution in [0.4, 0.5) is 0 Å². The highest BCUT2D eigenvalue weighted by molar-refractivity contribution is 6.30. The van der Waals surface area contributed by atoms with Gasteiger partial charge in [0.05, 0.1) is 12.0 Å². The second-order valence-electron chi connectivity index (χ2n) is 5.96. The van der Waals surface area contributed by atoms with Crippen LogP contribution < -0.4 is 10.2 Å². The molecule has 1 heterocycles. The van der Waals surface area contributed by atoms with Crippen LogP contribution in [0.1, 0.15) is 19.8 Å². The van der Waals surface area contributed by atoms with Gasteiger partial charge in [-0.2, -0.15) is 0 Å². The summed E-state index contributed by atoms with van der Waals surface area (Å²) < 4.78 is 16.5. The molecular formula is C21H19ClO5. The number of carbonyl (C=O) groups is 1. The van der Waals surface area contributed by atoms with Crippen LogP contribution in [-0.2, 0) is 9.53 Å². The van der Waals surface area contributed by atoms with Crippen molar-refractivity contribution in [3.8, 4) is 17.1 Å². The minimum absolute atomic E-state index is 0.0246. The van der Waals surface area contributed by atoms with Crippen molar-refractivity contribution >= 4 is 28.5 Å². The molecule has 1 aromatic heterocycles. The first-order valence-electron chi connectivity index (χ1n) is 8.70. The maximum Gasteiger partial charge on any atom is 0.344 e. The third-order valence-corrected chi connectivity index (χ3v) is 4.21. The Labute approximate surface area is 161 Å². The van der Waals surface area contributed by atoms with E-state index in [1.165, 1.54) is 0 Å². The molecule has 0 bridgehead atoms. The van der Waals surface area contributed by atoms with E-state index in [0.717, 1.165) is 12.8 Å². The van der Waals surface area contributed by atoms with Gasteiger partial charge in [-0.25, -0.2) is 4.79 Å². The molecule has 2 aromatic carbocycles. The summed E-state index contributed by atoms with van der Waals surface area (Å²) >= 11 is 5.94. The van der Waals surface area contributed by atoms with Gasteiger partial charge in [-0.3, -0.25) is 4.79 Å². The van der Waals surface area contributed by atoms with E-state index in [-0.39, 0.29) is 23.5 Å². The van der Waals surface area contributed by atoms with Crippen LogP contribution in [-0.4, -0.2) is 19.2 Å². The lowest BCUT2D eigenvalue weighted by Gasteiger charge is -2.11. The largest absolute Gasteiger partial charge is 0.474 e. The van der Waals surface area contributed by atoms with Gasteiger partial charge in [-0.1, -0.05) is 37.1 Å². The van der Waals surface area contributed by atoms with E-state index >= 15 is 0 Å². The van der Waals surface area contributed by atoms with Gasteiger partial charge in [0.2, 0.25) is 11.2 Å². The number of ether oxygens (including phenoxy) is 2. The molecule has 0 spiro atoms. The molecule has 3 rings (SSSR count). The number of rotatable bonds is 7. The third kappa shape index (κ3) is 4.49. The predicted octanol–water partition coefficient (Wildman–Crippen LogP) is 4.84. The quantitative estimate of drug-likeness (QED) is 0.429. The van der Waals surface area contributed by atoms with Crippen LogP contribution >= 0.6 is 11.6 Å². The molecule has 0 fully saturated rings. The van der Waals surface area contributed by atoms with Gasteiger partial charge in [0.25, 0.3) is 0 Å². The van der Waals surface area contributed by atoms with Crippen molar-refractivity contribution in [3.63, 3.8) is 0 Å². The van der Waals surface area contributed by atoms with E-state index in [1.807, 2.05) is 6.92 Å². The van der Waals surface area contributed by atoms with Gasteiger partial charge in [-0.15, -0.1) is 0 Å². The topological polar surface area (TPSA) is 65.7 Å². The summed E-state index contributed by atoms with van der Waals surface area (Å²) in [7, 11) is 0. The number of esters is 1. The van der Waals surface area contributed by atoms with Crippen molar-refractivity contribution in [3.05, 3.63) is 63.8 Å². The van der Waals surface area contributed by atoms with Crippen molar-refractivity contribution in [2.24, 2.45) is 0 Å². The van der Waals surface area contributed by atoms with E-state index < -0.39 is 5.97 Å². The summed E-state index contributed by atoms with van der Waals surface area (Å²) in [4.78, 5) is 24.8. The molecule has 0 saturated carbocycles. The van der Waals surface area contributed by atoms with Crippen LogP contribution in [0.15, 0.2) is 57.7 Å². The standard InChI is InChI=1S/C21H19ClO5/c1-2-3-12-25-18(23)13-26-21-19(24)16-6-4-5-7-17(16)27-20(21)14-8-10-15(22)11-9-14/h4-11H,2-3,12-13H2,1H3. The summed E-state index contributed by atoms with van der Waals surface area (Å²) in [5, 5.41) is 0.938. The summed E-state index contributed by atoms with van der Waals surface area (Å²) in [6.45, 7) is 1.96. The van der Waals surface area contributed by atoms with Crippen LogP contribution in [0.2, 0.25) is 5.02 Å². The molecule has 0 N–H and O–H groups in total. The lowest BCUT2D eigenvalue weighted by molar-refractivity contribution is -0.146. The number of unbranched alkanes of at least 4 members (excludes halogenated alkanes) is 1. The maximum absolute atomic E-state index is 12.9. The van der Waals surface area contributed by atoms with Gasteiger partial charge >= 0.3 is 5.97 Å². The second-order valence-corrected chi connectivity index (χ2v) is 6.39. The predicted molar refractivity (Wildman–Crippen MR) is 104 cm³/mol. The van der Waals surface area contributed by atoms with Crippen LogP contribution in [0.3, 0.4) is 0 Å². The smallest absolute Gasteiger partial charge is 0.344 e. The number of fused-ring (bicyclic) bond motifs is 1.